The maximum Gasteiger partial charge on any atom is 0.181 e. The molecular weight excluding hydrogens is 585 g/mol. The summed E-state index contributed by atoms with van der Waals surface area (Å²) in [7, 11) is 0. The maximum atomic E-state index is 8.94. The first-order valence-electron chi connectivity index (χ1n) is 10.9. The van der Waals surface area contributed by atoms with Crippen LogP contribution in [0, 0.1) is 22.7 Å². The number of aromatic nitrogens is 8. The minimum Gasteiger partial charge on any atom is -0.245 e. The van der Waals surface area contributed by atoms with Gasteiger partial charge in [-0.1, -0.05) is 66.5 Å². The van der Waals surface area contributed by atoms with Crippen molar-refractivity contribution >= 4 is 69.7 Å². The summed E-state index contributed by atoms with van der Waals surface area (Å²) in [6.45, 7) is 4.29. The van der Waals surface area contributed by atoms with Gasteiger partial charge in [0.15, 0.2) is 28.7 Å². The van der Waals surface area contributed by atoms with Gasteiger partial charge in [-0.15, -0.1) is 20.4 Å². The molecule has 190 valence electrons. The SMILES string of the molecule is CCCCSc1nnc(Sc2nccnc2C#N)s1.CCCSc1nnc(Sc2nccnc2C#N)s1. The van der Waals surface area contributed by atoms with Gasteiger partial charge in [0.05, 0.1) is 0 Å². The van der Waals surface area contributed by atoms with Crippen LogP contribution >= 0.6 is 69.7 Å². The van der Waals surface area contributed by atoms with Crippen molar-refractivity contribution in [1.29, 1.82) is 10.5 Å². The van der Waals surface area contributed by atoms with Crippen LogP contribution in [0.4, 0.5) is 0 Å². The number of hydrogen-bond donors (Lipinski definition) is 0. The molecule has 0 unspecified atom stereocenters. The lowest BCUT2D eigenvalue weighted by Crippen LogP contribution is -1.89. The van der Waals surface area contributed by atoms with Crippen LogP contribution in [0.3, 0.4) is 0 Å². The van der Waals surface area contributed by atoms with Gasteiger partial charge >= 0.3 is 0 Å². The fourth-order valence-corrected chi connectivity index (χ4v) is 8.17. The third-order valence-corrected chi connectivity index (χ3v) is 10.3. The average molecular weight is 605 g/mol. The second-order valence-electron chi connectivity index (χ2n) is 6.57. The second kappa shape index (κ2) is 16.5. The van der Waals surface area contributed by atoms with Gasteiger partial charge in [-0.25, -0.2) is 19.9 Å². The van der Waals surface area contributed by atoms with Gasteiger partial charge < -0.3 is 0 Å². The van der Waals surface area contributed by atoms with Crippen molar-refractivity contribution in [3.63, 3.8) is 0 Å². The van der Waals surface area contributed by atoms with Crippen LogP contribution in [0.5, 0.6) is 0 Å². The molecule has 0 aliphatic rings. The Morgan fingerprint density at radius 2 is 1.11 bits per heavy atom. The second-order valence-corrected chi connectivity index (χ2v) is 13.7. The van der Waals surface area contributed by atoms with E-state index in [4.69, 9.17) is 10.5 Å². The first-order valence-corrected chi connectivity index (χ1v) is 16.1. The fraction of sp³-hybridized carbons (Fsp3) is 0.333. The van der Waals surface area contributed by atoms with Crippen LogP contribution in [-0.2, 0) is 0 Å². The van der Waals surface area contributed by atoms with Crippen LogP contribution < -0.4 is 0 Å². The summed E-state index contributed by atoms with van der Waals surface area (Å²) in [5.41, 5.74) is 0.642. The minimum absolute atomic E-state index is 0.320. The molecule has 0 fully saturated rings. The number of nitriles is 2. The number of unbranched alkanes of at least 4 members (excludes halogenated alkanes) is 1. The molecule has 4 aromatic heterocycles. The van der Waals surface area contributed by atoms with Crippen LogP contribution in [-0.4, -0.2) is 51.8 Å². The number of thioether (sulfide) groups is 2. The Balaban J connectivity index is 0.000000206. The van der Waals surface area contributed by atoms with Crippen LogP contribution in [0.25, 0.3) is 0 Å². The topological polar surface area (TPSA) is 151 Å². The molecule has 0 aliphatic carbocycles. The van der Waals surface area contributed by atoms with Crippen molar-refractivity contribution in [3.8, 4) is 12.1 Å². The van der Waals surface area contributed by atoms with Gasteiger partial charge in [-0.3, -0.25) is 0 Å². The van der Waals surface area contributed by atoms with Gasteiger partial charge in [0, 0.05) is 36.3 Å². The molecule has 0 atom stereocenters. The largest absolute Gasteiger partial charge is 0.245 e. The molecule has 0 spiro atoms. The molecule has 0 saturated carbocycles. The molecule has 0 aromatic carbocycles. The number of rotatable bonds is 11. The summed E-state index contributed by atoms with van der Waals surface area (Å²) in [6, 6.07) is 4.03. The normalized spacial score (nSPS) is 10.3. The fourth-order valence-electron chi connectivity index (χ4n) is 2.21. The summed E-state index contributed by atoms with van der Waals surface area (Å²) < 4.78 is 3.47. The Hall–Kier alpha value is -2.34. The van der Waals surface area contributed by atoms with Gasteiger partial charge in [-0.2, -0.15) is 10.5 Å². The predicted octanol–water partition coefficient (Wildman–Crippen LogP) is 6.10. The highest BCUT2D eigenvalue weighted by atomic mass is 32.2. The third-order valence-electron chi connectivity index (χ3n) is 3.84. The van der Waals surface area contributed by atoms with Gasteiger partial charge in [0.2, 0.25) is 0 Å². The van der Waals surface area contributed by atoms with E-state index in [9.17, 15) is 0 Å². The zero-order valence-corrected chi connectivity index (χ0v) is 24.7. The Morgan fingerprint density at radius 3 is 1.57 bits per heavy atom. The number of nitrogens with zero attached hydrogens (tertiary/aromatic N) is 10. The van der Waals surface area contributed by atoms with E-state index in [0.717, 1.165) is 35.3 Å². The lowest BCUT2D eigenvalue weighted by molar-refractivity contribution is 0.892. The Labute approximate surface area is 239 Å². The van der Waals surface area contributed by atoms with Crippen molar-refractivity contribution in [2.45, 2.75) is 60.5 Å². The van der Waals surface area contributed by atoms with Crippen LogP contribution in [0.1, 0.15) is 44.5 Å². The molecule has 0 aliphatic heterocycles. The highest BCUT2D eigenvalue weighted by Gasteiger charge is 2.12. The Kier molecular flexibility index (Phi) is 13.0. The summed E-state index contributed by atoms with van der Waals surface area (Å²) in [6.07, 6.45) is 9.61. The highest BCUT2D eigenvalue weighted by Crippen LogP contribution is 2.34. The van der Waals surface area contributed by atoms with Gasteiger partial charge in [0.25, 0.3) is 0 Å². The van der Waals surface area contributed by atoms with E-state index in [0.29, 0.717) is 21.4 Å². The maximum absolute atomic E-state index is 8.94. The van der Waals surface area contributed by atoms with E-state index in [1.54, 1.807) is 35.9 Å². The van der Waals surface area contributed by atoms with E-state index in [-0.39, 0.29) is 0 Å². The van der Waals surface area contributed by atoms with Crippen molar-refractivity contribution in [2.75, 3.05) is 11.5 Å². The molecule has 0 bridgehead atoms. The summed E-state index contributed by atoms with van der Waals surface area (Å²) in [5.74, 6) is 2.10. The molecule has 4 aromatic rings. The summed E-state index contributed by atoms with van der Waals surface area (Å²) >= 11 is 9.11. The smallest absolute Gasteiger partial charge is 0.181 e. The molecule has 37 heavy (non-hydrogen) atoms. The van der Waals surface area contributed by atoms with E-state index < -0.39 is 0 Å². The first kappa shape index (κ1) is 29.2. The summed E-state index contributed by atoms with van der Waals surface area (Å²) in [4.78, 5) is 16.2. The predicted molar refractivity (Wildman–Crippen MR) is 148 cm³/mol. The first-order chi connectivity index (χ1) is 18.2. The van der Waals surface area contributed by atoms with E-state index in [1.807, 2.05) is 12.1 Å². The van der Waals surface area contributed by atoms with E-state index >= 15 is 0 Å². The molecule has 0 saturated heterocycles. The molecule has 4 rings (SSSR count). The molecule has 0 N–H and O–H groups in total. The van der Waals surface area contributed by atoms with E-state index in [2.05, 4.69) is 54.2 Å². The molecule has 16 heteroatoms. The highest BCUT2D eigenvalue weighted by molar-refractivity contribution is 8.03. The minimum atomic E-state index is 0.320. The number of hydrogen-bond acceptors (Lipinski definition) is 16. The van der Waals surface area contributed by atoms with Crippen LogP contribution in [0.15, 0.2) is 52.2 Å². The van der Waals surface area contributed by atoms with Crippen molar-refractivity contribution in [1.82, 2.24) is 40.3 Å². The lowest BCUT2D eigenvalue weighted by atomic mass is 10.4. The van der Waals surface area contributed by atoms with Crippen molar-refractivity contribution < 1.29 is 0 Å². The lowest BCUT2D eigenvalue weighted by Gasteiger charge is -1.96. The molecule has 0 amide bonds. The van der Waals surface area contributed by atoms with Gasteiger partial charge in [-0.05, 0) is 36.4 Å². The molecular formula is C21H20N10S6. The zero-order valence-electron chi connectivity index (χ0n) is 19.8. The summed E-state index contributed by atoms with van der Waals surface area (Å²) in [5, 5.41) is 35.4. The van der Waals surface area contributed by atoms with Gasteiger partial charge in [0.1, 0.15) is 22.2 Å². The standard InChI is InChI=1S/C11H11N5S3.C10H9N5S3/c1-2-3-6-17-10-15-16-11(19-10)18-9-8(7-12)13-4-5-14-9;1-2-5-16-9-14-15-10(18-9)17-8-7(6-11)12-3-4-13-8/h4-5H,2-3,6H2,1H3;3-4H,2,5H2,1H3. The Morgan fingerprint density at radius 1 is 0.649 bits per heavy atom. The average Bonchev–Trinajstić information content (AvgIpc) is 3.58. The zero-order chi connectivity index (χ0) is 26.3. The Bertz CT molecular complexity index is 1350. The molecule has 0 radical (unpaired) electrons. The molecule has 10 nitrogen and oxygen atoms in total. The molecule has 4 heterocycles. The monoisotopic (exact) mass is 604 g/mol. The quantitative estimate of drug-likeness (QED) is 0.143. The van der Waals surface area contributed by atoms with E-state index in [1.165, 1.54) is 71.4 Å². The third kappa shape index (κ3) is 9.81. The van der Waals surface area contributed by atoms with Crippen molar-refractivity contribution in [2.24, 2.45) is 0 Å². The van der Waals surface area contributed by atoms with Crippen molar-refractivity contribution in [3.05, 3.63) is 36.2 Å². The van der Waals surface area contributed by atoms with Crippen LogP contribution in [0.2, 0.25) is 0 Å².